The molecule has 0 fully saturated rings. The fraction of sp³-hybridized carbons (Fsp3) is 0.0370. The second kappa shape index (κ2) is 9.85. The van der Waals surface area contributed by atoms with Gasteiger partial charge in [-0.05, 0) is 72.1 Å². The summed E-state index contributed by atoms with van der Waals surface area (Å²) >= 11 is 1.35. The fourth-order valence-corrected chi connectivity index (χ4v) is 4.39. The van der Waals surface area contributed by atoms with Crippen molar-refractivity contribution in [2.45, 2.75) is 0 Å². The molecule has 0 unspecified atom stereocenters. The van der Waals surface area contributed by atoms with Crippen molar-refractivity contribution < 1.29 is 19.2 Å². The number of hydrogen-bond acceptors (Lipinski definition) is 5. The highest BCUT2D eigenvalue weighted by Crippen LogP contribution is 2.30. The van der Waals surface area contributed by atoms with E-state index < -0.39 is 0 Å². The molecule has 5 rings (SSSR count). The van der Waals surface area contributed by atoms with E-state index in [1.165, 1.54) is 16.2 Å². The van der Waals surface area contributed by atoms with Crippen molar-refractivity contribution in [3.63, 3.8) is 0 Å². The Hall–Kier alpha value is -4.76. The van der Waals surface area contributed by atoms with Crippen molar-refractivity contribution in [1.82, 2.24) is 0 Å². The maximum absolute atomic E-state index is 13.1. The molecule has 8 nitrogen and oxygen atoms in total. The van der Waals surface area contributed by atoms with Gasteiger partial charge in [0, 0.05) is 22.5 Å². The molecule has 0 saturated carbocycles. The van der Waals surface area contributed by atoms with Crippen LogP contribution in [0.1, 0.15) is 30.4 Å². The number of fused-ring (bicyclic) bond motifs is 1. The van der Waals surface area contributed by atoms with Gasteiger partial charge in [-0.15, -0.1) is 11.3 Å². The minimum Gasteiger partial charge on any atom is -0.323 e. The Kier molecular flexibility index (Phi) is 6.29. The van der Waals surface area contributed by atoms with Crippen LogP contribution in [-0.2, 0) is 4.79 Å². The number of amides is 4. The van der Waals surface area contributed by atoms with Crippen LogP contribution < -0.4 is 20.9 Å². The van der Waals surface area contributed by atoms with Crippen LogP contribution in [0.4, 0.5) is 22.7 Å². The average Bonchev–Trinajstić information content (AvgIpc) is 3.44. The lowest BCUT2D eigenvalue weighted by atomic mass is 10.1. The summed E-state index contributed by atoms with van der Waals surface area (Å²) in [5.74, 6) is -1.10. The van der Waals surface area contributed by atoms with Crippen LogP contribution in [0.25, 0.3) is 0 Å². The zero-order chi connectivity index (χ0) is 25.1. The van der Waals surface area contributed by atoms with Crippen molar-refractivity contribution in [1.29, 1.82) is 0 Å². The van der Waals surface area contributed by atoms with E-state index in [4.69, 9.17) is 0 Å². The molecule has 0 spiro atoms. The lowest BCUT2D eigenvalue weighted by Gasteiger charge is -2.29. The van der Waals surface area contributed by atoms with Gasteiger partial charge in [-0.1, -0.05) is 18.2 Å². The van der Waals surface area contributed by atoms with Crippen LogP contribution in [0.3, 0.4) is 0 Å². The summed E-state index contributed by atoms with van der Waals surface area (Å²) in [4.78, 5) is 52.0. The molecular formula is C27H20N4O4S. The number of nitrogens with zero attached hydrogens (tertiary/aromatic N) is 1. The molecule has 0 bridgehead atoms. The molecule has 0 radical (unpaired) electrons. The molecule has 1 aliphatic heterocycles. The SMILES string of the molecule is O=C1CN(C(=O)c2ccc(NC(=O)c3ccc(NC(=O)c4cccs4)cc3)cc2)c2ccccc2N1. The quantitative estimate of drug-likeness (QED) is 0.367. The van der Waals surface area contributed by atoms with E-state index in [0.717, 1.165) is 0 Å². The zero-order valence-electron chi connectivity index (χ0n) is 18.9. The van der Waals surface area contributed by atoms with Gasteiger partial charge >= 0.3 is 0 Å². The molecule has 0 atom stereocenters. The summed E-state index contributed by atoms with van der Waals surface area (Å²) in [5, 5.41) is 10.2. The van der Waals surface area contributed by atoms with Crippen LogP contribution in [0.15, 0.2) is 90.3 Å². The Bertz CT molecular complexity index is 1450. The lowest BCUT2D eigenvalue weighted by Crippen LogP contribution is -2.42. The summed E-state index contributed by atoms with van der Waals surface area (Å²) in [5.41, 5.74) is 3.13. The number of benzene rings is 3. The molecule has 3 N–H and O–H groups in total. The first-order chi connectivity index (χ1) is 17.5. The number of para-hydroxylation sites is 2. The van der Waals surface area contributed by atoms with Crippen LogP contribution in [0, 0.1) is 0 Å². The van der Waals surface area contributed by atoms with E-state index >= 15 is 0 Å². The van der Waals surface area contributed by atoms with Gasteiger partial charge in [-0.3, -0.25) is 24.1 Å². The topological polar surface area (TPSA) is 108 Å². The molecule has 178 valence electrons. The highest BCUT2D eigenvalue weighted by atomic mass is 32.1. The predicted octanol–water partition coefficient (Wildman–Crippen LogP) is 4.85. The molecule has 2 heterocycles. The third-order valence-corrected chi connectivity index (χ3v) is 6.42. The van der Waals surface area contributed by atoms with Gasteiger partial charge in [-0.2, -0.15) is 0 Å². The second-order valence-electron chi connectivity index (χ2n) is 8.00. The molecule has 9 heteroatoms. The lowest BCUT2D eigenvalue weighted by molar-refractivity contribution is -0.115. The number of carbonyl (C=O) groups excluding carboxylic acids is 4. The van der Waals surface area contributed by atoms with Crippen LogP contribution in [0.2, 0.25) is 0 Å². The molecule has 3 aromatic carbocycles. The molecule has 0 saturated heterocycles. The third kappa shape index (κ3) is 4.86. The van der Waals surface area contributed by atoms with E-state index in [-0.39, 0.29) is 30.2 Å². The number of anilines is 4. The van der Waals surface area contributed by atoms with Gasteiger partial charge in [0.1, 0.15) is 6.54 Å². The summed E-state index contributed by atoms with van der Waals surface area (Å²) in [6, 6.07) is 23.7. The summed E-state index contributed by atoms with van der Waals surface area (Å²) < 4.78 is 0. The summed E-state index contributed by atoms with van der Waals surface area (Å²) in [6.07, 6.45) is 0. The molecule has 1 aromatic heterocycles. The van der Waals surface area contributed by atoms with Gasteiger partial charge in [0.25, 0.3) is 17.7 Å². The van der Waals surface area contributed by atoms with Crippen LogP contribution >= 0.6 is 11.3 Å². The molecular weight excluding hydrogens is 476 g/mol. The van der Waals surface area contributed by atoms with E-state index in [2.05, 4.69) is 16.0 Å². The molecule has 36 heavy (non-hydrogen) atoms. The van der Waals surface area contributed by atoms with Crippen molar-refractivity contribution in [3.8, 4) is 0 Å². The van der Waals surface area contributed by atoms with Crippen LogP contribution in [0.5, 0.6) is 0 Å². The Morgan fingerprint density at radius 2 is 1.39 bits per heavy atom. The predicted molar refractivity (Wildman–Crippen MR) is 140 cm³/mol. The van der Waals surface area contributed by atoms with Gasteiger partial charge in [-0.25, -0.2) is 0 Å². The first-order valence-corrected chi connectivity index (χ1v) is 11.9. The van der Waals surface area contributed by atoms with Gasteiger partial charge in [0.15, 0.2) is 0 Å². The number of hydrogen-bond donors (Lipinski definition) is 3. The van der Waals surface area contributed by atoms with Gasteiger partial charge in [0.2, 0.25) is 5.91 Å². The highest BCUT2D eigenvalue weighted by molar-refractivity contribution is 7.12. The normalized spacial score (nSPS) is 12.3. The first kappa shape index (κ1) is 23.0. The monoisotopic (exact) mass is 496 g/mol. The summed E-state index contributed by atoms with van der Waals surface area (Å²) in [7, 11) is 0. The largest absolute Gasteiger partial charge is 0.323 e. The fourth-order valence-electron chi connectivity index (χ4n) is 3.78. The smallest absolute Gasteiger partial charge is 0.265 e. The van der Waals surface area contributed by atoms with Crippen LogP contribution in [-0.4, -0.2) is 30.2 Å². The Morgan fingerprint density at radius 3 is 2.06 bits per heavy atom. The maximum atomic E-state index is 13.1. The van der Waals surface area contributed by atoms with Crippen molar-refractivity contribution in [2.24, 2.45) is 0 Å². The Balaban J connectivity index is 1.23. The Morgan fingerprint density at radius 1 is 0.750 bits per heavy atom. The van der Waals surface area contributed by atoms with E-state index in [9.17, 15) is 19.2 Å². The average molecular weight is 497 g/mol. The minimum atomic E-state index is -0.327. The van der Waals surface area contributed by atoms with Gasteiger partial charge < -0.3 is 16.0 Å². The van der Waals surface area contributed by atoms with Crippen molar-refractivity contribution >= 4 is 57.7 Å². The minimum absolute atomic E-state index is 0.0713. The van der Waals surface area contributed by atoms with E-state index in [0.29, 0.717) is 38.8 Å². The van der Waals surface area contributed by atoms with Crippen molar-refractivity contribution in [3.05, 3.63) is 106 Å². The Labute approximate surface area is 210 Å². The standard InChI is InChI=1S/C27H20N4O4S/c32-24-16-31(22-5-2-1-4-21(22)30-24)27(35)18-9-13-19(14-10-18)28-25(33)17-7-11-20(12-8-17)29-26(34)23-6-3-15-36-23/h1-15H,16H2,(H,28,33)(H,29,34)(H,30,32). The number of nitrogens with one attached hydrogen (secondary N) is 3. The molecule has 4 aromatic rings. The number of carbonyl (C=O) groups is 4. The molecule has 0 aliphatic carbocycles. The summed E-state index contributed by atoms with van der Waals surface area (Å²) in [6.45, 7) is -0.0713. The zero-order valence-corrected chi connectivity index (χ0v) is 19.7. The molecule has 1 aliphatic rings. The molecule has 4 amide bonds. The van der Waals surface area contributed by atoms with Crippen molar-refractivity contribution in [2.75, 3.05) is 27.4 Å². The van der Waals surface area contributed by atoms with E-state index in [1.807, 2.05) is 5.38 Å². The number of thiophene rings is 1. The second-order valence-corrected chi connectivity index (χ2v) is 8.94. The number of rotatable bonds is 5. The van der Waals surface area contributed by atoms with E-state index in [1.54, 1.807) is 84.9 Å². The first-order valence-electron chi connectivity index (χ1n) is 11.0. The highest BCUT2D eigenvalue weighted by Gasteiger charge is 2.27. The third-order valence-electron chi connectivity index (χ3n) is 5.56. The maximum Gasteiger partial charge on any atom is 0.265 e. The van der Waals surface area contributed by atoms with Gasteiger partial charge in [0.05, 0.1) is 16.3 Å².